The molecule has 0 saturated heterocycles. The number of carboxylic acid groups (broad SMARTS) is 1. The summed E-state index contributed by atoms with van der Waals surface area (Å²) in [6.45, 7) is 0.191. The Morgan fingerprint density at radius 1 is 0.905 bits per heavy atom. The zero-order chi connectivity index (χ0) is 15.1. The monoisotopic (exact) mass is 288 g/mol. The minimum absolute atomic E-state index is 0.0687. The predicted molar refractivity (Wildman–Crippen MR) is 76.8 cm³/mol. The molecule has 0 saturated carbocycles. The summed E-state index contributed by atoms with van der Waals surface area (Å²) in [5.41, 5.74) is 0.190. The van der Waals surface area contributed by atoms with Gasteiger partial charge >= 0.3 is 5.97 Å². The lowest BCUT2D eigenvalue weighted by Crippen LogP contribution is -2.25. The van der Waals surface area contributed by atoms with Gasteiger partial charge in [0.1, 0.15) is 30.8 Å². The number of para-hydroxylation sites is 1. The highest BCUT2D eigenvalue weighted by atomic mass is 16.5. The lowest BCUT2D eigenvalue weighted by molar-refractivity contribution is 0.0625. The molecule has 0 fully saturated rings. The average molecular weight is 288 g/mol. The Labute approximate surface area is 122 Å². The molecule has 5 heteroatoms. The fourth-order valence-corrected chi connectivity index (χ4v) is 1.64. The minimum atomic E-state index is -0.988. The molecule has 0 radical (unpaired) electrons. The number of carboxylic acids is 1. The van der Waals surface area contributed by atoms with Crippen molar-refractivity contribution < 1.29 is 24.5 Å². The van der Waals surface area contributed by atoms with E-state index in [9.17, 15) is 9.90 Å². The number of rotatable bonds is 7. The molecule has 2 aromatic rings. The lowest BCUT2D eigenvalue weighted by Gasteiger charge is -2.13. The first-order valence-corrected chi connectivity index (χ1v) is 6.47. The summed E-state index contributed by atoms with van der Waals surface area (Å²) < 4.78 is 10.8. The Balaban J connectivity index is 1.75. The van der Waals surface area contributed by atoms with Gasteiger partial charge < -0.3 is 19.7 Å². The third-order valence-electron chi connectivity index (χ3n) is 2.73. The molecule has 0 aliphatic rings. The summed E-state index contributed by atoms with van der Waals surface area (Å²) in [5.74, 6) is 0.193. The number of aromatic carboxylic acids is 1. The number of aliphatic hydroxyl groups excluding tert-OH is 1. The summed E-state index contributed by atoms with van der Waals surface area (Å²) >= 11 is 0. The highest BCUT2D eigenvalue weighted by Crippen LogP contribution is 2.13. The van der Waals surface area contributed by atoms with Gasteiger partial charge in [0.05, 0.1) is 5.56 Å². The first kappa shape index (κ1) is 14.9. The number of hydrogen-bond donors (Lipinski definition) is 2. The SMILES string of the molecule is O=C(O)c1ccc(OCC(O)COc2ccccc2)cc1. The Hall–Kier alpha value is -2.53. The molecule has 2 rings (SSSR count). The van der Waals surface area contributed by atoms with Crippen molar-refractivity contribution in [3.05, 3.63) is 60.2 Å². The first-order chi connectivity index (χ1) is 10.1. The van der Waals surface area contributed by atoms with Crippen LogP contribution in [0.15, 0.2) is 54.6 Å². The molecule has 0 aliphatic heterocycles. The topological polar surface area (TPSA) is 76.0 Å². The molecule has 2 N–H and O–H groups in total. The van der Waals surface area contributed by atoms with Crippen LogP contribution in [-0.4, -0.2) is 35.5 Å². The van der Waals surface area contributed by atoms with Crippen molar-refractivity contribution in [3.8, 4) is 11.5 Å². The first-order valence-electron chi connectivity index (χ1n) is 6.47. The van der Waals surface area contributed by atoms with E-state index in [-0.39, 0.29) is 18.8 Å². The van der Waals surface area contributed by atoms with E-state index in [1.165, 1.54) is 12.1 Å². The number of hydrogen-bond acceptors (Lipinski definition) is 4. The Kier molecular flexibility index (Phi) is 5.17. The van der Waals surface area contributed by atoms with Gasteiger partial charge in [-0.3, -0.25) is 0 Å². The van der Waals surface area contributed by atoms with Gasteiger partial charge in [0, 0.05) is 0 Å². The van der Waals surface area contributed by atoms with E-state index < -0.39 is 12.1 Å². The van der Waals surface area contributed by atoms with Crippen molar-refractivity contribution in [2.75, 3.05) is 13.2 Å². The predicted octanol–water partition coefficient (Wildman–Crippen LogP) is 2.20. The Bertz CT molecular complexity index is 565. The maximum Gasteiger partial charge on any atom is 0.335 e. The quantitative estimate of drug-likeness (QED) is 0.817. The van der Waals surface area contributed by atoms with E-state index in [1.807, 2.05) is 18.2 Å². The third kappa shape index (κ3) is 4.81. The normalized spacial score (nSPS) is 11.7. The number of aliphatic hydroxyl groups is 1. The minimum Gasteiger partial charge on any atom is -0.491 e. The van der Waals surface area contributed by atoms with Gasteiger partial charge in [-0.25, -0.2) is 4.79 Å². The maximum absolute atomic E-state index is 10.7. The van der Waals surface area contributed by atoms with Crippen molar-refractivity contribution in [2.24, 2.45) is 0 Å². The van der Waals surface area contributed by atoms with Crippen molar-refractivity contribution in [1.82, 2.24) is 0 Å². The van der Waals surface area contributed by atoms with Gasteiger partial charge in [0.2, 0.25) is 0 Å². The second-order valence-corrected chi connectivity index (χ2v) is 4.42. The third-order valence-corrected chi connectivity index (χ3v) is 2.73. The van der Waals surface area contributed by atoms with Gasteiger partial charge in [-0.05, 0) is 36.4 Å². The largest absolute Gasteiger partial charge is 0.491 e. The molecule has 1 unspecified atom stereocenters. The highest BCUT2D eigenvalue weighted by Gasteiger charge is 2.07. The zero-order valence-corrected chi connectivity index (χ0v) is 11.3. The molecule has 0 heterocycles. The summed E-state index contributed by atoms with van der Waals surface area (Å²) in [7, 11) is 0. The molecule has 5 nitrogen and oxygen atoms in total. The van der Waals surface area contributed by atoms with Crippen LogP contribution in [0.4, 0.5) is 0 Å². The van der Waals surface area contributed by atoms with E-state index in [2.05, 4.69) is 0 Å². The van der Waals surface area contributed by atoms with E-state index in [0.29, 0.717) is 11.5 Å². The molecule has 21 heavy (non-hydrogen) atoms. The summed E-state index contributed by atoms with van der Waals surface area (Å²) in [6.07, 6.45) is -0.774. The van der Waals surface area contributed by atoms with Crippen molar-refractivity contribution in [1.29, 1.82) is 0 Å². The molecule has 0 aliphatic carbocycles. The fourth-order valence-electron chi connectivity index (χ4n) is 1.64. The van der Waals surface area contributed by atoms with E-state index >= 15 is 0 Å². The van der Waals surface area contributed by atoms with Crippen LogP contribution in [0.1, 0.15) is 10.4 Å². The van der Waals surface area contributed by atoms with Crippen LogP contribution in [0.25, 0.3) is 0 Å². The average Bonchev–Trinajstić information content (AvgIpc) is 2.52. The Morgan fingerprint density at radius 2 is 1.43 bits per heavy atom. The maximum atomic E-state index is 10.7. The van der Waals surface area contributed by atoms with Crippen molar-refractivity contribution in [2.45, 2.75) is 6.10 Å². The molecule has 0 bridgehead atoms. The van der Waals surface area contributed by atoms with Crippen LogP contribution in [0.2, 0.25) is 0 Å². The number of carbonyl (C=O) groups is 1. The lowest BCUT2D eigenvalue weighted by atomic mass is 10.2. The van der Waals surface area contributed by atoms with E-state index in [4.69, 9.17) is 14.6 Å². The van der Waals surface area contributed by atoms with Gasteiger partial charge in [0.15, 0.2) is 0 Å². The van der Waals surface area contributed by atoms with E-state index in [1.54, 1.807) is 24.3 Å². The fraction of sp³-hybridized carbons (Fsp3) is 0.188. The van der Waals surface area contributed by atoms with Crippen molar-refractivity contribution >= 4 is 5.97 Å². The second-order valence-electron chi connectivity index (χ2n) is 4.42. The number of benzene rings is 2. The molecule has 0 aromatic heterocycles. The van der Waals surface area contributed by atoms with Crippen LogP contribution in [-0.2, 0) is 0 Å². The molecule has 0 spiro atoms. The van der Waals surface area contributed by atoms with Crippen molar-refractivity contribution in [3.63, 3.8) is 0 Å². The van der Waals surface area contributed by atoms with Gasteiger partial charge in [-0.1, -0.05) is 18.2 Å². The molecule has 1 atom stereocenters. The summed E-state index contributed by atoms with van der Waals surface area (Å²) in [5, 5.41) is 18.5. The summed E-state index contributed by atoms with van der Waals surface area (Å²) in [4.78, 5) is 10.7. The number of ether oxygens (including phenoxy) is 2. The van der Waals surface area contributed by atoms with Gasteiger partial charge in [-0.15, -0.1) is 0 Å². The molecule has 0 amide bonds. The van der Waals surface area contributed by atoms with Crippen LogP contribution in [0.5, 0.6) is 11.5 Å². The van der Waals surface area contributed by atoms with Crippen LogP contribution in [0.3, 0.4) is 0 Å². The van der Waals surface area contributed by atoms with Gasteiger partial charge in [-0.2, -0.15) is 0 Å². The van der Waals surface area contributed by atoms with Crippen LogP contribution in [0, 0.1) is 0 Å². The van der Waals surface area contributed by atoms with Gasteiger partial charge in [0.25, 0.3) is 0 Å². The zero-order valence-electron chi connectivity index (χ0n) is 11.3. The molecule has 110 valence electrons. The smallest absolute Gasteiger partial charge is 0.335 e. The molecule has 2 aromatic carbocycles. The van der Waals surface area contributed by atoms with Crippen LogP contribution < -0.4 is 9.47 Å². The highest BCUT2D eigenvalue weighted by molar-refractivity contribution is 5.87. The standard InChI is InChI=1S/C16H16O5/c17-13(10-20-14-4-2-1-3-5-14)11-21-15-8-6-12(7-9-15)16(18)19/h1-9,13,17H,10-11H2,(H,18,19). The Morgan fingerprint density at radius 3 is 1.95 bits per heavy atom. The molecular weight excluding hydrogens is 272 g/mol. The van der Waals surface area contributed by atoms with Crippen LogP contribution >= 0.6 is 0 Å². The summed E-state index contributed by atoms with van der Waals surface area (Å²) in [6, 6.07) is 15.2. The molecular formula is C16H16O5. The second kappa shape index (κ2) is 7.31. The van der Waals surface area contributed by atoms with E-state index in [0.717, 1.165) is 0 Å².